The molecule has 200 valence electrons. The summed E-state index contributed by atoms with van der Waals surface area (Å²) in [5.41, 5.74) is 2.18. The zero-order valence-electron chi connectivity index (χ0n) is 22.0. The topological polar surface area (TPSA) is 105 Å². The quantitative estimate of drug-likeness (QED) is 0.633. The van der Waals surface area contributed by atoms with Crippen molar-refractivity contribution in [2.45, 2.75) is 70.0 Å². The van der Waals surface area contributed by atoms with Gasteiger partial charge in [0, 0.05) is 31.8 Å². The number of amides is 2. The van der Waals surface area contributed by atoms with Crippen LogP contribution < -0.4 is 14.5 Å². The second-order valence-corrected chi connectivity index (χ2v) is 12.3. The van der Waals surface area contributed by atoms with Gasteiger partial charge >= 0.3 is 6.09 Å². The fraction of sp³-hybridized carbons (Fsp3) is 0.481. The van der Waals surface area contributed by atoms with E-state index in [0.29, 0.717) is 44.0 Å². The maximum absolute atomic E-state index is 13.3. The van der Waals surface area contributed by atoms with Crippen molar-refractivity contribution in [3.8, 4) is 11.1 Å². The predicted octanol–water partition coefficient (Wildman–Crippen LogP) is 4.31. The molecule has 0 radical (unpaired) electrons. The summed E-state index contributed by atoms with van der Waals surface area (Å²) < 4.78 is 39.2. The number of anilines is 2. The zero-order valence-corrected chi connectivity index (χ0v) is 22.8. The molecule has 9 nitrogen and oxygen atoms in total. The van der Waals surface area contributed by atoms with Crippen LogP contribution in [0.4, 0.5) is 16.2 Å². The monoisotopic (exact) mass is 529 g/mol. The number of ether oxygens (including phenoxy) is 2. The number of nitrogens with one attached hydrogen (secondary N) is 1. The highest BCUT2D eigenvalue weighted by atomic mass is 32.2. The van der Waals surface area contributed by atoms with Gasteiger partial charge in [0.1, 0.15) is 6.10 Å². The first-order valence-electron chi connectivity index (χ1n) is 12.5. The zero-order chi connectivity index (χ0) is 27.0. The summed E-state index contributed by atoms with van der Waals surface area (Å²) in [5.74, 6) is -0.111. The van der Waals surface area contributed by atoms with Crippen LogP contribution in [0.15, 0.2) is 47.4 Å². The molecule has 2 heterocycles. The molecule has 0 spiro atoms. The van der Waals surface area contributed by atoms with Crippen molar-refractivity contribution in [1.82, 2.24) is 4.72 Å². The van der Waals surface area contributed by atoms with Crippen molar-refractivity contribution in [2.24, 2.45) is 0 Å². The van der Waals surface area contributed by atoms with E-state index < -0.39 is 21.7 Å². The molecule has 2 aromatic carbocycles. The summed E-state index contributed by atoms with van der Waals surface area (Å²) >= 11 is 0. The van der Waals surface area contributed by atoms with E-state index in [2.05, 4.69) is 4.72 Å². The van der Waals surface area contributed by atoms with Crippen LogP contribution in [-0.4, -0.2) is 57.9 Å². The van der Waals surface area contributed by atoms with Crippen LogP contribution in [0.25, 0.3) is 11.1 Å². The van der Waals surface area contributed by atoms with Crippen LogP contribution in [0.3, 0.4) is 0 Å². The molecule has 10 heteroatoms. The molecular weight excluding hydrogens is 494 g/mol. The number of sulfonamides is 1. The SMILES string of the molecule is CC(=O)N1c2ccc(-c3ccc(S(=O)(=O)NC(C)(C)C)cc3)cc2N(C(=O)OC2CCOCC2)C[C@@H]1C. The molecular formula is C27H35N3O6S. The Morgan fingerprint density at radius 1 is 1.00 bits per heavy atom. The van der Waals surface area contributed by atoms with Crippen LogP contribution in [0, 0.1) is 0 Å². The van der Waals surface area contributed by atoms with Gasteiger partial charge in [-0.2, -0.15) is 0 Å². The molecule has 1 fully saturated rings. The number of nitrogens with zero attached hydrogens (tertiary/aromatic N) is 2. The number of rotatable bonds is 4. The van der Waals surface area contributed by atoms with Crippen molar-refractivity contribution in [3.05, 3.63) is 42.5 Å². The van der Waals surface area contributed by atoms with Crippen LogP contribution in [-0.2, 0) is 24.3 Å². The Balaban J connectivity index is 1.67. The second kappa shape index (κ2) is 10.4. The number of hydrogen-bond acceptors (Lipinski definition) is 6. The Bertz CT molecular complexity index is 1260. The van der Waals surface area contributed by atoms with Gasteiger partial charge in [-0.3, -0.25) is 9.69 Å². The van der Waals surface area contributed by atoms with E-state index in [1.807, 2.05) is 25.1 Å². The molecule has 1 atom stereocenters. The van der Waals surface area contributed by atoms with Gasteiger partial charge < -0.3 is 14.4 Å². The van der Waals surface area contributed by atoms with Crippen molar-refractivity contribution >= 4 is 33.4 Å². The first-order chi connectivity index (χ1) is 17.4. The molecule has 2 aliphatic heterocycles. The van der Waals surface area contributed by atoms with E-state index in [9.17, 15) is 18.0 Å². The van der Waals surface area contributed by atoms with Crippen molar-refractivity contribution in [2.75, 3.05) is 29.6 Å². The molecule has 0 aromatic heterocycles. The Morgan fingerprint density at radius 3 is 2.22 bits per heavy atom. The molecule has 4 rings (SSSR count). The lowest BCUT2D eigenvalue weighted by atomic mass is 10.0. The lowest BCUT2D eigenvalue weighted by molar-refractivity contribution is -0.117. The minimum absolute atomic E-state index is 0.111. The predicted molar refractivity (Wildman–Crippen MR) is 142 cm³/mol. The Hall–Kier alpha value is -2.95. The van der Waals surface area contributed by atoms with E-state index in [0.717, 1.165) is 11.1 Å². The fourth-order valence-corrected chi connectivity index (χ4v) is 6.16. The Kier molecular flexibility index (Phi) is 7.64. The van der Waals surface area contributed by atoms with Crippen molar-refractivity contribution < 1.29 is 27.5 Å². The lowest BCUT2D eigenvalue weighted by Crippen LogP contribution is -2.52. The van der Waals surface area contributed by atoms with Gasteiger partial charge in [0.2, 0.25) is 15.9 Å². The van der Waals surface area contributed by atoms with Gasteiger partial charge in [-0.1, -0.05) is 18.2 Å². The molecule has 2 aliphatic rings. The van der Waals surface area contributed by atoms with Gasteiger partial charge in [0.05, 0.1) is 35.5 Å². The van der Waals surface area contributed by atoms with Crippen LogP contribution in [0.1, 0.15) is 47.5 Å². The summed E-state index contributed by atoms with van der Waals surface area (Å²) in [7, 11) is -3.66. The smallest absolute Gasteiger partial charge is 0.414 e. The van der Waals surface area contributed by atoms with E-state index in [1.54, 1.807) is 54.8 Å². The van der Waals surface area contributed by atoms with E-state index >= 15 is 0 Å². The molecule has 0 bridgehead atoms. The fourth-order valence-electron chi connectivity index (χ4n) is 4.75. The van der Waals surface area contributed by atoms with Crippen LogP contribution in [0.5, 0.6) is 0 Å². The van der Waals surface area contributed by atoms with Gasteiger partial charge in [0.25, 0.3) is 0 Å². The summed E-state index contributed by atoms with van der Waals surface area (Å²) in [6, 6.07) is 11.9. The first-order valence-corrected chi connectivity index (χ1v) is 14.0. The highest BCUT2D eigenvalue weighted by molar-refractivity contribution is 7.89. The van der Waals surface area contributed by atoms with E-state index in [4.69, 9.17) is 9.47 Å². The summed E-state index contributed by atoms with van der Waals surface area (Å²) in [6.07, 6.45) is 0.655. The molecule has 0 aliphatic carbocycles. The summed E-state index contributed by atoms with van der Waals surface area (Å²) in [5, 5.41) is 0. The number of benzene rings is 2. The third kappa shape index (κ3) is 6.14. The van der Waals surface area contributed by atoms with E-state index in [1.165, 1.54) is 6.92 Å². The summed E-state index contributed by atoms with van der Waals surface area (Å²) in [4.78, 5) is 29.2. The van der Waals surface area contributed by atoms with Gasteiger partial charge in [-0.25, -0.2) is 17.9 Å². The van der Waals surface area contributed by atoms with Crippen LogP contribution >= 0.6 is 0 Å². The standard InChI is InChI=1S/C27H35N3O6S/c1-18-17-29(26(32)36-22-12-14-35-15-13-22)25-16-21(8-11-24(25)30(18)19(2)31)20-6-9-23(10-7-20)37(33,34)28-27(3,4)5/h6-11,16,18,22,28H,12-15,17H2,1-5H3/t18-/m0/s1. The molecule has 2 aromatic rings. The highest BCUT2D eigenvalue weighted by Crippen LogP contribution is 2.39. The second-order valence-electron chi connectivity index (χ2n) is 10.6. The van der Waals surface area contributed by atoms with Gasteiger partial charge in [-0.15, -0.1) is 0 Å². The average molecular weight is 530 g/mol. The number of fused-ring (bicyclic) bond motifs is 1. The van der Waals surface area contributed by atoms with E-state index in [-0.39, 0.29) is 22.9 Å². The van der Waals surface area contributed by atoms with Crippen LogP contribution in [0.2, 0.25) is 0 Å². The normalized spacial score (nSPS) is 18.9. The maximum Gasteiger partial charge on any atom is 0.414 e. The molecule has 1 saturated heterocycles. The lowest BCUT2D eigenvalue weighted by Gasteiger charge is -2.41. The minimum Gasteiger partial charge on any atom is -0.446 e. The molecule has 0 saturated carbocycles. The maximum atomic E-state index is 13.3. The van der Waals surface area contributed by atoms with Gasteiger partial charge in [0.15, 0.2) is 0 Å². The molecule has 0 unspecified atom stereocenters. The number of hydrogen-bond donors (Lipinski definition) is 1. The largest absolute Gasteiger partial charge is 0.446 e. The third-order valence-corrected chi connectivity index (χ3v) is 8.12. The number of carbonyl (C=O) groups is 2. The molecule has 2 amide bonds. The minimum atomic E-state index is -3.66. The number of carbonyl (C=O) groups excluding carboxylic acids is 2. The average Bonchev–Trinajstić information content (AvgIpc) is 2.82. The first kappa shape index (κ1) is 27.1. The Labute approximate surface area is 218 Å². The van der Waals surface area contributed by atoms with Crippen molar-refractivity contribution in [3.63, 3.8) is 0 Å². The Morgan fingerprint density at radius 2 is 1.62 bits per heavy atom. The summed E-state index contributed by atoms with van der Waals surface area (Å²) in [6.45, 7) is 10.2. The molecule has 37 heavy (non-hydrogen) atoms. The van der Waals surface area contributed by atoms with Gasteiger partial charge in [-0.05, 0) is 63.1 Å². The molecule has 1 N–H and O–H groups in total. The highest BCUT2D eigenvalue weighted by Gasteiger charge is 2.35. The van der Waals surface area contributed by atoms with Crippen molar-refractivity contribution in [1.29, 1.82) is 0 Å². The third-order valence-electron chi connectivity index (χ3n) is 6.35.